The Balaban J connectivity index is 2.20. The molecule has 0 aromatic heterocycles. The van der Waals surface area contributed by atoms with Crippen molar-refractivity contribution in [1.29, 1.82) is 0 Å². The second-order valence-corrected chi connectivity index (χ2v) is 4.23. The molecule has 0 aliphatic carbocycles. The van der Waals surface area contributed by atoms with Gasteiger partial charge in [-0.1, -0.05) is 0 Å². The zero-order chi connectivity index (χ0) is 12.0. The van der Waals surface area contributed by atoms with Crippen LogP contribution in [0.5, 0.6) is 0 Å². The summed E-state index contributed by atoms with van der Waals surface area (Å²) < 4.78 is 5.25. The number of carboxylic acid groups (broad SMARTS) is 1. The Hall–Kier alpha value is -1.10. The largest absolute Gasteiger partial charge is 0.481 e. The fourth-order valence-electron chi connectivity index (χ4n) is 1.80. The van der Waals surface area contributed by atoms with E-state index in [1.807, 2.05) is 0 Å². The molecule has 1 fully saturated rings. The van der Waals surface area contributed by atoms with Crippen molar-refractivity contribution >= 4 is 11.9 Å². The van der Waals surface area contributed by atoms with Crippen molar-refractivity contribution in [2.75, 3.05) is 26.8 Å². The van der Waals surface area contributed by atoms with Crippen LogP contribution >= 0.6 is 0 Å². The predicted molar refractivity (Wildman–Crippen MR) is 58.0 cm³/mol. The van der Waals surface area contributed by atoms with Crippen molar-refractivity contribution in [3.63, 3.8) is 0 Å². The molecule has 1 amide bonds. The van der Waals surface area contributed by atoms with Gasteiger partial charge in [0.1, 0.15) is 6.42 Å². The maximum absolute atomic E-state index is 11.3. The molecule has 1 aliphatic rings. The number of ether oxygens (including phenoxy) is 1. The van der Waals surface area contributed by atoms with E-state index in [0.717, 1.165) is 32.5 Å². The molecule has 1 rings (SSSR count). The molecule has 1 aliphatic heterocycles. The Morgan fingerprint density at radius 1 is 1.38 bits per heavy atom. The minimum Gasteiger partial charge on any atom is -0.481 e. The third kappa shape index (κ3) is 4.61. The second-order valence-electron chi connectivity index (χ2n) is 4.23. The summed E-state index contributed by atoms with van der Waals surface area (Å²) in [4.78, 5) is 23.2. The summed E-state index contributed by atoms with van der Waals surface area (Å²) in [6.07, 6.45) is 2.61. The molecule has 0 aromatic rings. The van der Waals surface area contributed by atoms with Gasteiger partial charge in [-0.05, 0) is 25.2 Å². The Morgan fingerprint density at radius 2 is 2.00 bits per heavy atom. The Morgan fingerprint density at radius 3 is 2.56 bits per heavy atom. The summed E-state index contributed by atoms with van der Waals surface area (Å²) in [7, 11) is 1.66. The number of nitrogens with zero attached hydrogens (tertiary/aromatic N) is 1. The zero-order valence-electron chi connectivity index (χ0n) is 9.65. The molecular weight excluding hydrogens is 210 g/mol. The quantitative estimate of drug-likeness (QED) is 0.706. The highest BCUT2D eigenvalue weighted by Gasteiger charge is 2.17. The van der Waals surface area contributed by atoms with Crippen LogP contribution in [0.4, 0.5) is 0 Å². The van der Waals surface area contributed by atoms with Gasteiger partial charge in [-0.25, -0.2) is 0 Å². The summed E-state index contributed by atoms with van der Waals surface area (Å²) in [5.74, 6) is -0.781. The van der Waals surface area contributed by atoms with Crippen LogP contribution < -0.4 is 0 Å². The van der Waals surface area contributed by atoms with Gasteiger partial charge in [0.2, 0.25) is 5.91 Å². The molecule has 1 N–H and O–H groups in total. The zero-order valence-corrected chi connectivity index (χ0v) is 9.65. The van der Waals surface area contributed by atoms with Crippen LogP contribution in [0.15, 0.2) is 0 Å². The van der Waals surface area contributed by atoms with Gasteiger partial charge in [-0.15, -0.1) is 0 Å². The van der Waals surface area contributed by atoms with E-state index in [1.165, 1.54) is 4.90 Å². The minimum absolute atomic E-state index is 0.320. The normalized spacial score (nSPS) is 17.1. The van der Waals surface area contributed by atoms with E-state index in [1.54, 1.807) is 7.05 Å². The van der Waals surface area contributed by atoms with Gasteiger partial charge >= 0.3 is 5.97 Å². The Bertz CT molecular complexity index is 248. The first-order chi connectivity index (χ1) is 7.59. The molecule has 0 spiro atoms. The minimum atomic E-state index is -1.07. The number of carboxylic acids is 1. The van der Waals surface area contributed by atoms with Crippen LogP contribution in [0.2, 0.25) is 0 Å². The monoisotopic (exact) mass is 229 g/mol. The van der Waals surface area contributed by atoms with E-state index in [9.17, 15) is 9.59 Å². The number of carbonyl (C=O) groups excluding carboxylic acids is 1. The molecular formula is C11H19NO4. The van der Waals surface area contributed by atoms with Crippen molar-refractivity contribution in [3.8, 4) is 0 Å². The molecule has 5 heteroatoms. The number of hydrogen-bond acceptors (Lipinski definition) is 3. The van der Waals surface area contributed by atoms with Gasteiger partial charge in [-0.3, -0.25) is 9.59 Å². The molecule has 0 unspecified atom stereocenters. The SMILES string of the molecule is CN(CCC1CCOCC1)C(=O)CC(=O)O. The van der Waals surface area contributed by atoms with E-state index in [0.29, 0.717) is 12.5 Å². The fourth-order valence-corrected chi connectivity index (χ4v) is 1.80. The molecule has 5 nitrogen and oxygen atoms in total. The first-order valence-electron chi connectivity index (χ1n) is 5.63. The lowest BCUT2D eigenvalue weighted by molar-refractivity contribution is -0.143. The van der Waals surface area contributed by atoms with Gasteiger partial charge < -0.3 is 14.7 Å². The third-order valence-electron chi connectivity index (χ3n) is 2.94. The molecule has 1 saturated heterocycles. The molecule has 0 bridgehead atoms. The van der Waals surface area contributed by atoms with Crippen molar-refractivity contribution in [2.24, 2.45) is 5.92 Å². The number of hydrogen-bond donors (Lipinski definition) is 1. The van der Waals surface area contributed by atoms with Crippen molar-refractivity contribution in [2.45, 2.75) is 25.7 Å². The maximum atomic E-state index is 11.3. The summed E-state index contributed by atoms with van der Waals surface area (Å²) in [6.45, 7) is 2.24. The number of aliphatic carboxylic acids is 1. The standard InChI is InChI=1S/C11H19NO4/c1-12(10(13)8-11(14)15)5-2-9-3-6-16-7-4-9/h9H,2-8H2,1H3,(H,14,15). The van der Waals surface area contributed by atoms with Crippen LogP contribution in [-0.2, 0) is 14.3 Å². The smallest absolute Gasteiger partial charge is 0.312 e. The second kappa shape index (κ2) is 6.48. The van der Waals surface area contributed by atoms with Crippen molar-refractivity contribution in [3.05, 3.63) is 0 Å². The summed E-state index contributed by atoms with van der Waals surface area (Å²) in [5.41, 5.74) is 0. The van der Waals surface area contributed by atoms with Crippen molar-refractivity contribution < 1.29 is 19.4 Å². The lowest BCUT2D eigenvalue weighted by atomic mass is 9.96. The Kier molecular flexibility index (Phi) is 5.25. The van der Waals surface area contributed by atoms with Gasteiger partial charge in [0.25, 0.3) is 0 Å². The maximum Gasteiger partial charge on any atom is 0.312 e. The molecule has 0 saturated carbocycles. The lowest BCUT2D eigenvalue weighted by Crippen LogP contribution is -2.31. The first kappa shape index (κ1) is 13.0. The van der Waals surface area contributed by atoms with E-state index in [2.05, 4.69) is 0 Å². The van der Waals surface area contributed by atoms with E-state index >= 15 is 0 Å². The van der Waals surface area contributed by atoms with Gasteiger partial charge in [0, 0.05) is 26.8 Å². The molecule has 16 heavy (non-hydrogen) atoms. The molecule has 0 radical (unpaired) electrons. The van der Waals surface area contributed by atoms with Gasteiger partial charge in [0.05, 0.1) is 0 Å². The fraction of sp³-hybridized carbons (Fsp3) is 0.818. The number of rotatable bonds is 5. The van der Waals surface area contributed by atoms with E-state index < -0.39 is 12.4 Å². The van der Waals surface area contributed by atoms with Gasteiger partial charge in [-0.2, -0.15) is 0 Å². The highest BCUT2D eigenvalue weighted by molar-refractivity contribution is 5.93. The molecule has 1 heterocycles. The summed E-state index contributed by atoms with van der Waals surface area (Å²) in [5, 5.41) is 8.49. The third-order valence-corrected chi connectivity index (χ3v) is 2.94. The number of amides is 1. The highest BCUT2D eigenvalue weighted by Crippen LogP contribution is 2.18. The van der Waals surface area contributed by atoms with Crippen LogP contribution in [0, 0.1) is 5.92 Å². The summed E-state index contributed by atoms with van der Waals surface area (Å²) in [6, 6.07) is 0. The summed E-state index contributed by atoms with van der Waals surface area (Å²) >= 11 is 0. The highest BCUT2D eigenvalue weighted by atomic mass is 16.5. The predicted octanol–water partition coefficient (Wildman–Crippen LogP) is 0.736. The number of carbonyl (C=O) groups is 2. The first-order valence-corrected chi connectivity index (χ1v) is 5.63. The Labute approximate surface area is 95.4 Å². The lowest BCUT2D eigenvalue weighted by Gasteiger charge is -2.24. The topological polar surface area (TPSA) is 66.8 Å². The van der Waals surface area contributed by atoms with Crippen LogP contribution in [0.3, 0.4) is 0 Å². The van der Waals surface area contributed by atoms with Crippen LogP contribution in [-0.4, -0.2) is 48.7 Å². The van der Waals surface area contributed by atoms with E-state index in [4.69, 9.17) is 9.84 Å². The molecule has 0 atom stereocenters. The van der Waals surface area contributed by atoms with Crippen molar-refractivity contribution in [1.82, 2.24) is 4.90 Å². The van der Waals surface area contributed by atoms with Gasteiger partial charge in [0.15, 0.2) is 0 Å². The average Bonchev–Trinajstić information content (AvgIpc) is 2.26. The average molecular weight is 229 g/mol. The van der Waals surface area contributed by atoms with Crippen LogP contribution in [0.25, 0.3) is 0 Å². The molecule has 92 valence electrons. The molecule has 0 aromatic carbocycles. The van der Waals surface area contributed by atoms with E-state index in [-0.39, 0.29) is 5.91 Å². The van der Waals surface area contributed by atoms with Crippen LogP contribution in [0.1, 0.15) is 25.7 Å².